The molecule has 1 aliphatic rings. The largest absolute Gasteiger partial charge is 0.399 e. The van der Waals surface area contributed by atoms with E-state index in [4.69, 9.17) is 5.73 Å². The average molecular weight is 238 g/mol. The van der Waals surface area contributed by atoms with Crippen LogP contribution in [0, 0.1) is 6.92 Å². The molecule has 0 radical (unpaired) electrons. The maximum absolute atomic E-state index is 5.83. The molecule has 2 aromatic rings. The highest BCUT2D eigenvalue weighted by Crippen LogP contribution is 2.34. The molecule has 0 spiro atoms. The van der Waals surface area contributed by atoms with E-state index in [0.717, 1.165) is 18.5 Å². The Balaban J connectivity index is 1.85. The summed E-state index contributed by atoms with van der Waals surface area (Å²) in [6.45, 7) is 2.12. The molecule has 0 bridgehead atoms. The van der Waals surface area contributed by atoms with Crippen molar-refractivity contribution in [3.63, 3.8) is 0 Å². The number of hydrogen-bond donors (Lipinski definition) is 2. The second kappa shape index (κ2) is 4.37. The van der Waals surface area contributed by atoms with Crippen LogP contribution in [-0.2, 0) is 6.42 Å². The van der Waals surface area contributed by atoms with Crippen molar-refractivity contribution in [1.29, 1.82) is 0 Å². The maximum atomic E-state index is 5.83. The topological polar surface area (TPSA) is 38.0 Å². The van der Waals surface area contributed by atoms with Gasteiger partial charge in [0.05, 0.1) is 6.04 Å². The lowest BCUT2D eigenvalue weighted by Crippen LogP contribution is -2.07. The van der Waals surface area contributed by atoms with Crippen LogP contribution < -0.4 is 11.1 Å². The number of nitrogen functional groups attached to an aromatic ring is 1. The monoisotopic (exact) mass is 238 g/mol. The minimum absolute atomic E-state index is 0.419. The molecule has 1 atom stereocenters. The minimum Gasteiger partial charge on any atom is -0.399 e. The zero-order valence-corrected chi connectivity index (χ0v) is 10.6. The lowest BCUT2D eigenvalue weighted by atomic mass is 10.1. The summed E-state index contributed by atoms with van der Waals surface area (Å²) in [5.74, 6) is 0. The lowest BCUT2D eigenvalue weighted by molar-refractivity contribution is 0.762. The molecule has 0 fully saturated rings. The summed E-state index contributed by atoms with van der Waals surface area (Å²) in [5, 5.41) is 3.62. The van der Waals surface area contributed by atoms with E-state index in [0.29, 0.717) is 6.04 Å². The zero-order chi connectivity index (χ0) is 12.5. The number of aryl methyl sites for hydroxylation is 2. The first kappa shape index (κ1) is 11.1. The van der Waals surface area contributed by atoms with Crippen molar-refractivity contribution in [2.75, 3.05) is 11.1 Å². The number of nitrogens with two attached hydrogens (primary N) is 1. The summed E-state index contributed by atoms with van der Waals surface area (Å²) in [5.41, 5.74) is 12.0. The van der Waals surface area contributed by atoms with Crippen molar-refractivity contribution in [2.24, 2.45) is 0 Å². The molecule has 2 aromatic carbocycles. The molecule has 3 rings (SSSR count). The highest BCUT2D eigenvalue weighted by molar-refractivity contribution is 5.53. The van der Waals surface area contributed by atoms with Crippen LogP contribution in [0.5, 0.6) is 0 Å². The van der Waals surface area contributed by atoms with E-state index < -0.39 is 0 Å². The molecule has 1 aliphatic carbocycles. The van der Waals surface area contributed by atoms with Crippen molar-refractivity contribution in [3.05, 3.63) is 59.2 Å². The van der Waals surface area contributed by atoms with Crippen LogP contribution in [0.2, 0.25) is 0 Å². The van der Waals surface area contributed by atoms with Crippen LogP contribution in [0.3, 0.4) is 0 Å². The molecule has 2 heteroatoms. The number of anilines is 2. The summed E-state index contributed by atoms with van der Waals surface area (Å²) in [6, 6.07) is 15.2. The van der Waals surface area contributed by atoms with Crippen molar-refractivity contribution in [3.8, 4) is 0 Å². The van der Waals surface area contributed by atoms with E-state index in [2.05, 4.69) is 48.6 Å². The van der Waals surface area contributed by atoms with E-state index in [-0.39, 0.29) is 0 Å². The molecule has 92 valence electrons. The highest BCUT2D eigenvalue weighted by atomic mass is 14.9. The van der Waals surface area contributed by atoms with Crippen LogP contribution in [0.15, 0.2) is 42.5 Å². The Morgan fingerprint density at radius 3 is 2.89 bits per heavy atom. The van der Waals surface area contributed by atoms with Crippen molar-refractivity contribution in [2.45, 2.75) is 25.8 Å². The molecule has 18 heavy (non-hydrogen) atoms. The molecule has 0 heterocycles. The van der Waals surface area contributed by atoms with Gasteiger partial charge in [0.15, 0.2) is 0 Å². The van der Waals surface area contributed by atoms with Gasteiger partial charge in [0.25, 0.3) is 0 Å². The van der Waals surface area contributed by atoms with Gasteiger partial charge in [-0.05, 0) is 60.7 Å². The van der Waals surface area contributed by atoms with Gasteiger partial charge in [-0.1, -0.05) is 18.2 Å². The van der Waals surface area contributed by atoms with Gasteiger partial charge in [0.2, 0.25) is 0 Å². The van der Waals surface area contributed by atoms with E-state index in [1.165, 1.54) is 22.4 Å². The quantitative estimate of drug-likeness (QED) is 0.783. The van der Waals surface area contributed by atoms with Crippen LogP contribution in [0.25, 0.3) is 0 Å². The lowest BCUT2D eigenvalue weighted by Gasteiger charge is -2.16. The van der Waals surface area contributed by atoms with E-state index >= 15 is 0 Å². The van der Waals surface area contributed by atoms with Gasteiger partial charge < -0.3 is 11.1 Å². The fourth-order valence-electron chi connectivity index (χ4n) is 2.72. The summed E-state index contributed by atoms with van der Waals surface area (Å²) in [7, 11) is 0. The van der Waals surface area contributed by atoms with Crippen LogP contribution in [0.4, 0.5) is 11.4 Å². The summed E-state index contributed by atoms with van der Waals surface area (Å²) in [4.78, 5) is 0. The number of benzene rings is 2. The van der Waals surface area contributed by atoms with Gasteiger partial charge in [-0.15, -0.1) is 0 Å². The number of fused-ring (bicyclic) bond motifs is 1. The first-order chi connectivity index (χ1) is 8.72. The fourth-order valence-corrected chi connectivity index (χ4v) is 2.72. The molecule has 0 aromatic heterocycles. The Labute approximate surface area is 108 Å². The standard InChI is InChI=1S/C16H18N2/c1-11-3-2-4-14(9-11)18-16-8-5-12-10-13(17)6-7-15(12)16/h2-4,6-7,9-10,16,18H,5,8,17H2,1H3. The first-order valence-electron chi connectivity index (χ1n) is 6.44. The fraction of sp³-hybridized carbons (Fsp3) is 0.250. The molecular weight excluding hydrogens is 220 g/mol. The normalized spacial score (nSPS) is 17.5. The van der Waals surface area contributed by atoms with E-state index in [1.807, 2.05) is 6.07 Å². The first-order valence-corrected chi connectivity index (χ1v) is 6.44. The predicted octanol–water partition coefficient (Wildman–Crippen LogP) is 3.68. The van der Waals surface area contributed by atoms with Gasteiger partial charge in [0, 0.05) is 11.4 Å². The second-order valence-corrected chi connectivity index (χ2v) is 5.06. The third-order valence-electron chi connectivity index (χ3n) is 3.60. The van der Waals surface area contributed by atoms with Gasteiger partial charge in [-0.25, -0.2) is 0 Å². The zero-order valence-electron chi connectivity index (χ0n) is 10.6. The van der Waals surface area contributed by atoms with Gasteiger partial charge in [0.1, 0.15) is 0 Å². The number of nitrogens with one attached hydrogen (secondary N) is 1. The van der Waals surface area contributed by atoms with Crippen molar-refractivity contribution < 1.29 is 0 Å². The van der Waals surface area contributed by atoms with Crippen molar-refractivity contribution >= 4 is 11.4 Å². The Bertz CT molecular complexity index is 575. The number of rotatable bonds is 2. The summed E-state index contributed by atoms with van der Waals surface area (Å²) < 4.78 is 0. The molecule has 3 N–H and O–H groups in total. The van der Waals surface area contributed by atoms with Crippen LogP contribution in [-0.4, -0.2) is 0 Å². The predicted molar refractivity (Wildman–Crippen MR) is 76.7 cm³/mol. The molecule has 1 unspecified atom stereocenters. The average Bonchev–Trinajstić information content (AvgIpc) is 2.72. The molecule has 0 saturated carbocycles. The molecule has 0 amide bonds. The van der Waals surface area contributed by atoms with Gasteiger partial charge in [-0.2, -0.15) is 0 Å². The SMILES string of the molecule is Cc1cccc(NC2CCc3cc(N)ccc32)c1. The molecule has 0 aliphatic heterocycles. The third kappa shape index (κ3) is 2.06. The molecule has 2 nitrogen and oxygen atoms in total. The third-order valence-corrected chi connectivity index (χ3v) is 3.60. The Morgan fingerprint density at radius 2 is 2.06 bits per heavy atom. The Morgan fingerprint density at radius 1 is 1.17 bits per heavy atom. The van der Waals surface area contributed by atoms with E-state index in [9.17, 15) is 0 Å². The summed E-state index contributed by atoms with van der Waals surface area (Å²) in [6.07, 6.45) is 2.26. The maximum Gasteiger partial charge on any atom is 0.0519 e. The van der Waals surface area contributed by atoms with Crippen LogP contribution >= 0.6 is 0 Å². The number of hydrogen-bond acceptors (Lipinski definition) is 2. The molecule has 0 saturated heterocycles. The van der Waals surface area contributed by atoms with Gasteiger partial charge >= 0.3 is 0 Å². The second-order valence-electron chi connectivity index (χ2n) is 5.06. The van der Waals surface area contributed by atoms with Gasteiger partial charge in [-0.3, -0.25) is 0 Å². The van der Waals surface area contributed by atoms with Crippen LogP contribution in [0.1, 0.15) is 29.2 Å². The van der Waals surface area contributed by atoms with Crippen molar-refractivity contribution in [1.82, 2.24) is 0 Å². The molecular formula is C16H18N2. The highest BCUT2D eigenvalue weighted by Gasteiger charge is 2.22. The Kier molecular flexibility index (Phi) is 2.71. The summed E-state index contributed by atoms with van der Waals surface area (Å²) >= 11 is 0. The van der Waals surface area contributed by atoms with E-state index in [1.54, 1.807) is 0 Å². The Hall–Kier alpha value is -1.96. The minimum atomic E-state index is 0.419. The smallest absolute Gasteiger partial charge is 0.0519 e.